The lowest BCUT2D eigenvalue weighted by Gasteiger charge is -2.04. The van der Waals surface area contributed by atoms with Crippen molar-refractivity contribution in [2.75, 3.05) is 11.9 Å². The molecule has 0 bridgehead atoms. The largest absolute Gasteiger partial charge is 0.360 e. The summed E-state index contributed by atoms with van der Waals surface area (Å²) in [6.45, 7) is 0.662. The minimum absolute atomic E-state index is 0.113. The van der Waals surface area contributed by atoms with E-state index in [0.717, 1.165) is 33.3 Å². The standard InChI is InChI=1S/C18H16ClN5O2S2/c19-14-5-3-13(4-6-14)16-11-24-18(22-16)27-17(23-24)21-10-9-12-1-7-15(8-2-12)28(20,25)26/h1-8,11H,9-10H2,(H,21,23)(H2,20,25,26). The molecule has 10 heteroatoms. The van der Waals surface area contributed by atoms with E-state index in [1.807, 2.05) is 30.5 Å². The first kappa shape index (κ1) is 18.9. The molecule has 0 saturated carbocycles. The molecule has 0 aliphatic heterocycles. The highest BCUT2D eigenvalue weighted by molar-refractivity contribution is 7.89. The summed E-state index contributed by atoms with van der Waals surface area (Å²) in [4.78, 5) is 5.51. The zero-order valence-corrected chi connectivity index (χ0v) is 16.9. The Kier molecular flexibility index (Phi) is 5.07. The summed E-state index contributed by atoms with van der Waals surface area (Å²) in [7, 11) is -3.66. The molecule has 28 heavy (non-hydrogen) atoms. The van der Waals surface area contributed by atoms with Gasteiger partial charge in [0.2, 0.25) is 20.1 Å². The Labute approximate surface area is 170 Å². The molecule has 0 radical (unpaired) electrons. The maximum Gasteiger partial charge on any atom is 0.238 e. The maximum absolute atomic E-state index is 11.3. The number of nitrogens with zero attached hydrogens (tertiary/aromatic N) is 3. The van der Waals surface area contributed by atoms with Crippen molar-refractivity contribution in [3.8, 4) is 11.3 Å². The van der Waals surface area contributed by atoms with Crippen LogP contribution in [-0.4, -0.2) is 29.6 Å². The van der Waals surface area contributed by atoms with Gasteiger partial charge in [0.05, 0.1) is 16.8 Å². The van der Waals surface area contributed by atoms with Crippen LogP contribution in [0.25, 0.3) is 16.2 Å². The summed E-state index contributed by atoms with van der Waals surface area (Å²) in [5.74, 6) is 0. The van der Waals surface area contributed by atoms with E-state index in [9.17, 15) is 8.42 Å². The fourth-order valence-corrected chi connectivity index (χ4v) is 4.14. The summed E-state index contributed by atoms with van der Waals surface area (Å²) in [6, 6.07) is 14.1. The molecule has 4 aromatic rings. The summed E-state index contributed by atoms with van der Waals surface area (Å²) >= 11 is 7.39. The van der Waals surface area contributed by atoms with Gasteiger partial charge in [-0.05, 0) is 36.2 Å². The van der Waals surface area contributed by atoms with Crippen LogP contribution in [0, 0.1) is 0 Å². The number of anilines is 1. The molecule has 0 saturated heterocycles. The van der Waals surface area contributed by atoms with Gasteiger partial charge in [-0.15, -0.1) is 5.10 Å². The van der Waals surface area contributed by atoms with Gasteiger partial charge < -0.3 is 5.32 Å². The highest BCUT2D eigenvalue weighted by atomic mass is 35.5. The molecule has 2 aromatic heterocycles. The Morgan fingerprint density at radius 1 is 1.11 bits per heavy atom. The molecule has 0 aliphatic rings. The van der Waals surface area contributed by atoms with Gasteiger partial charge in [-0.2, -0.15) is 0 Å². The highest BCUT2D eigenvalue weighted by Gasteiger charge is 2.10. The van der Waals surface area contributed by atoms with Gasteiger partial charge in [-0.25, -0.2) is 23.1 Å². The van der Waals surface area contributed by atoms with Crippen molar-refractivity contribution in [2.24, 2.45) is 5.14 Å². The summed E-state index contributed by atoms with van der Waals surface area (Å²) in [5, 5.41) is 14.3. The van der Waals surface area contributed by atoms with Gasteiger partial charge in [0.25, 0.3) is 0 Å². The Morgan fingerprint density at radius 2 is 1.82 bits per heavy atom. The van der Waals surface area contributed by atoms with Crippen molar-refractivity contribution < 1.29 is 8.42 Å². The van der Waals surface area contributed by atoms with Crippen LogP contribution >= 0.6 is 22.9 Å². The van der Waals surface area contributed by atoms with E-state index in [0.29, 0.717) is 11.6 Å². The Morgan fingerprint density at radius 3 is 2.46 bits per heavy atom. The minimum atomic E-state index is -3.66. The zero-order chi connectivity index (χ0) is 19.7. The van der Waals surface area contributed by atoms with Crippen molar-refractivity contribution in [3.05, 3.63) is 65.3 Å². The van der Waals surface area contributed by atoms with Crippen LogP contribution < -0.4 is 10.5 Å². The van der Waals surface area contributed by atoms with Crippen LogP contribution in [0.2, 0.25) is 5.02 Å². The van der Waals surface area contributed by atoms with Gasteiger partial charge in [-0.1, -0.05) is 47.2 Å². The number of fused-ring (bicyclic) bond motifs is 1. The van der Waals surface area contributed by atoms with Crippen molar-refractivity contribution in [1.29, 1.82) is 0 Å². The molecule has 0 amide bonds. The number of halogens is 1. The number of benzene rings is 2. The summed E-state index contributed by atoms with van der Waals surface area (Å²) in [5.41, 5.74) is 2.84. The minimum Gasteiger partial charge on any atom is -0.360 e. The number of primary sulfonamides is 1. The number of nitrogens with two attached hydrogens (primary N) is 1. The molecule has 0 fully saturated rings. The highest BCUT2D eigenvalue weighted by Crippen LogP contribution is 2.25. The molecule has 0 aliphatic carbocycles. The van der Waals surface area contributed by atoms with Crippen molar-refractivity contribution in [1.82, 2.24) is 14.6 Å². The maximum atomic E-state index is 11.3. The first-order valence-corrected chi connectivity index (χ1v) is 11.1. The molecule has 7 nitrogen and oxygen atoms in total. The topological polar surface area (TPSA) is 102 Å². The van der Waals surface area contributed by atoms with Crippen molar-refractivity contribution in [3.63, 3.8) is 0 Å². The SMILES string of the molecule is NS(=O)(=O)c1ccc(CCNc2nn3cc(-c4ccc(Cl)cc4)nc3s2)cc1. The number of imidazole rings is 1. The first-order valence-electron chi connectivity index (χ1n) is 8.36. The van der Waals surface area contributed by atoms with E-state index >= 15 is 0 Å². The average molecular weight is 434 g/mol. The van der Waals surface area contributed by atoms with Gasteiger partial charge in [0.15, 0.2) is 0 Å². The lowest BCUT2D eigenvalue weighted by molar-refractivity contribution is 0.598. The number of sulfonamides is 1. The van der Waals surface area contributed by atoms with Crippen LogP contribution in [0.15, 0.2) is 59.6 Å². The first-order chi connectivity index (χ1) is 13.4. The molecule has 0 unspecified atom stereocenters. The van der Waals surface area contributed by atoms with Crippen LogP contribution in [0.3, 0.4) is 0 Å². The third-order valence-corrected chi connectivity index (χ3v) is 6.19. The predicted octanol–water partition coefficient (Wildman–Crippen LogP) is 3.41. The monoisotopic (exact) mass is 433 g/mol. The molecule has 2 heterocycles. The van der Waals surface area contributed by atoms with Crippen LogP contribution in [0.5, 0.6) is 0 Å². The second-order valence-corrected chi connectivity index (χ2v) is 9.09. The van der Waals surface area contributed by atoms with Crippen molar-refractivity contribution in [2.45, 2.75) is 11.3 Å². The Hall–Kier alpha value is -2.46. The molecule has 0 spiro atoms. The van der Waals surface area contributed by atoms with Crippen LogP contribution in [0.1, 0.15) is 5.56 Å². The summed E-state index contributed by atoms with van der Waals surface area (Å²) < 4.78 is 24.3. The molecular weight excluding hydrogens is 418 g/mol. The molecule has 144 valence electrons. The van der Waals surface area contributed by atoms with E-state index in [-0.39, 0.29) is 4.90 Å². The number of hydrogen-bond donors (Lipinski definition) is 2. The van der Waals surface area contributed by atoms with Crippen LogP contribution in [-0.2, 0) is 16.4 Å². The van der Waals surface area contributed by atoms with E-state index in [2.05, 4.69) is 15.4 Å². The van der Waals surface area contributed by atoms with Gasteiger partial charge in [0, 0.05) is 17.1 Å². The third-order valence-electron chi connectivity index (χ3n) is 4.12. The molecule has 0 atom stereocenters. The van der Waals surface area contributed by atoms with E-state index in [1.165, 1.54) is 23.5 Å². The summed E-state index contributed by atoms with van der Waals surface area (Å²) in [6.07, 6.45) is 2.61. The second kappa shape index (κ2) is 7.51. The molecule has 3 N–H and O–H groups in total. The average Bonchev–Trinajstić information content (AvgIpc) is 3.21. The van der Waals surface area contributed by atoms with Gasteiger partial charge >= 0.3 is 0 Å². The number of aromatic nitrogens is 3. The van der Waals surface area contributed by atoms with Crippen LogP contribution in [0.4, 0.5) is 5.13 Å². The predicted molar refractivity (Wildman–Crippen MR) is 111 cm³/mol. The normalized spacial score (nSPS) is 11.8. The lowest BCUT2D eigenvalue weighted by Crippen LogP contribution is -2.12. The van der Waals surface area contributed by atoms with Gasteiger partial charge in [0.1, 0.15) is 0 Å². The van der Waals surface area contributed by atoms with E-state index < -0.39 is 10.0 Å². The lowest BCUT2D eigenvalue weighted by atomic mass is 10.1. The fourth-order valence-electron chi connectivity index (χ4n) is 2.69. The smallest absolute Gasteiger partial charge is 0.238 e. The van der Waals surface area contributed by atoms with Crippen molar-refractivity contribution >= 4 is 43.1 Å². The second-order valence-electron chi connectivity index (χ2n) is 6.13. The fraction of sp³-hybridized carbons (Fsp3) is 0.111. The number of nitrogens with one attached hydrogen (secondary N) is 1. The number of rotatable bonds is 6. The quantitative estimate of drug-likeness (QED) is 0.485. The molecular formula is C18H16ClN5O2S2. The molecule has 4 rings (SSSR count). The van der Waals surface area contributed by atoms with E-state index in [1.54, 1.807) is 16.6 Å². The zero-order valence-electron chi connectivity index (χ0n) is 14.5. The Bertz CT molecular complexity index is 1180. The number of hydrogen-bond acceptors (Lipinski definition) is 6. The van der Waals surface area contributed by atoms with Gasteiger partial charge in [-0.3, -0.25) is 0 Å². The van der Waals surface area contributed by atoms with E-state index in [4.69, 9.17) is 16.7 Å². The molecule has 2 aromatic carbocycles. The third kappa shape index (κ3) is 4.17. The Balaban J connectivity index is 1.39.